The smallest absolute Gasteiger partial charge is 0.167 e. The van der Waals surface area contributed by atoms with Gasteiger partial charge in [-0.05, 0) is 146 Å². The van der Waals surface area contributed by atoms with Crippen LogP contribution in [0.2, 0.25) is 0 Å². The van der Waals surface area contributed by atoms with Crippen LogP contribution < -0.4 is 0 Å². The van der Waals surface area contributed by atoms with Crippen molar-refractivity contribution in [2.75, 3.05) is 0 Å². The highest BCUT2D eigenvalue weighted by Crippen LogP contribution is 2.49. The van der Waals surface area contributed by atoms with Gasteiger partial charge in [0.1, 0.15) is 5.58 Å². The summed E-state index contributed by atoms with van der Waals surface area (Å²) in [7, 11) is 0. The molecular formula is C126H76N12OS. The highest BCUT2D eigenvalue weighted by molar-refractivity contribution is 7.26. The summed E-state index contributed by atoms with van der Waals surface area (Å²) in [4.78, 5) is 30.6. The summed E-state index contributed by atoms with van der Waals surface area (Å²) in [5.41, 5.74) is 27.4. The van der Waals surface area contributed by atoms with Gasteiger partial charge in [0, 0.05) is 141 Å². The van der Waals surface area contributed by atoms with Crippen molar-refractivity contribution in [3.8, 4) is 102 Å². The van der Waals surface area contributed by atoms with Crippen LogP contribution in [0.1, 0.15) is 0 Å². The monoisotopic (exact) mass is 1800 g/mol. The van der Waals surface area contributed by atoms with Gasteiger partial charge in [0.15, 0.2) is 40.5 Å². The number of benzene rings is 20. The van der Waals surface area contributed by atoms with E-state index in [2.05, 4.69) is 391 Å². The number of thiophene rings is 1. The Balaban J connectivity index is 0.000000134. The summed E-state index contributed by atoms with van der Waals surface area (Å²) >= 11 is 1.81. The van der Waals surface area contributed by atoms with E-state index in [0.29, 0.717) is 34.9 Å². The molecule has 20 aromatic carbocycles. The lowest BCUT2D eigenvalue weighted by molar-refractivity contribution is 0.667. The summed E-state index contributed by atoms with van der Waals surface area (Å²) in [6.45, 7) is 0. The fourth-order valence-corrected chi connectivity index (χ4v) is 23.4. The number of nitrogens with zero attached hydrogens (tertiary/aromatic N) is 12. The minimum atomic E-state index is 0.547. The van der Waals surface area contributed by atoms with Crippen molar-refractivity contribution in [1.82, 2.24) is 57.3 Å². The van der Waals surface area contributed by atoms with Crippen LogP contribution in [0, 0.1) is 0 Å². The Kier molecular flexibility index (Phi) is 17.7. The molecule has 30 aromatic rings. The molecule has 0 aliphatic carbocycles. The molecule has 652 valence electrons. The van der Waals surface area contributed by atoms with Gasteiger partial charge in [-0.2, -0.15) is 0 Å². The van der Waals surface area contributed by atoms with E-state index in [0.717, 1.165) is 127 Å². The lowest BCUT2D eigenvalue weighted by atomic mass is 10.1. The molecule has 0 saturated heterocycles. The molecule has 0 aliphatic heterocycles. The van der Waals surface area contributed by atoms with Crippen LogP contribution in [-0.2, 0) is 0 Å². The summed E-state index contributed by atoms with van der Waals surface area (Å²) in [5, 5.41) is 18.9. The van der Waals surface area contributed by atoms with Gasteiger partial charge in [-0.3, -0.25) is 0 Å². The van der Waals surface area contributed by atoms with Gasteiger partial charge in [0.2, 0.25) is 0 Å². The van der Waals surface area contributed by atoms with Gasteiger partial charge >= 0.3 is 0 Å². The van der Waals surface area contributed by atoms with Crippen LogP contribution in [0.15, 0.2) is 465 Å². The largest absolute Gasteiger partial charge is 0.453 e. The Morgan fingerprint density at radius 2 is 0.393 bits per heavy atom. The summed E-state index contributed by atoms with van der Waals surface area (Å²) < 4.78 is 24.1. The standard InChI is InChI=1S/C63H38N6O.C63H38N6S/c2*1-3-17-39(18-4-1)61-64-62(40-19-5-2-6-20-40)66-63(65-61)49-27-15-25-47-48-26-16-32-58(60(48)70-59(47)49)69-56-35-33-41(67-52-28-11-7-21-43(52)44-22-8-12-29-53(44)67)37-50(56)51-38-42(34-36-57(51)69)68-54-30-13-9-23-45(54)46-24-10-14-31-55(46)68/h2*1-38H. The molecule has 140 heavy (non-hydrogen) atoms. The first-order valence-electron chi connectivity index (χ1n) is 47.2. The third-order valence-corrected chi connectivity index (χ3v) is 29.5. The number of hydrogen-bond acceptors (Lipinski definition) is 8. The number of para-hydroxylation sites is 10. The Labute approximate surface area is 803 Å². The Hall–Kier alpha value is -18.8. The molecule has 0 fully saturated rings. The third-order valence-electron chi connectivity index (χ3n) is 28.2. The average molecular weight is 1810 g/mol. The highest BCUT2D eigenvalue weighted by atomic mass is 32.1. The zero-order chi connectivity index (χ0) is 91.7. The average Bonchev–Trinajstić information content (AvgIpc) is 1.55. The number of furan rings is 1. The van der Waals surface area contributed by atoms with Crippen LogP contribution in [0.3, 0.4) is 0 Å². The topological polar surface area (TPSA) is 120 Å². The van der Waals surface area contributed by atoms with E-state index in [1.165, 1.54) is 113 Å². The fourth-order valence-electron chi connectivity index (χ4n) is 22.0. The summed E-state index contributed by atoms with van der Waals surface area (Å²) in [6.07, 6.45) is 0. The fraction of sp³-hybridized carbons (Fsp3) is 0. The van der Waals surface area contributed by atoms with Gasteiger partial charge in [-0.15, -0.1) is 11.3 Å². The molecule has 0 aliphatic rings. The van der Waals surface area contributed by atoms with Crippen molar-refractivity contribution < 1.29 is 4.42 Å². The lowest BCUT2D eigenvalue weighted by Gasteiger charge is -2.11. The predicted octanol–water partition coefficient (Wildman–Crippen LogP) is 32.6. The SMILES string of the molecule is c1ccc(-c2nc(-c3ccccc3)nc(-c3cccc4c3oc3c(-n5c6ccc(-n7c8ccccc8c8ccccc87)cc6c6cc(-n7c8ccccc8c8ccccc87)ccc65)cccc34)n2)cc1.c1ccc(-c2nc(-c3ccccc3)nc(-c3cccc4c3sc3c(-n5c6ccc(-n7c8ccccc8c8ccccc87)cc6c6cc(-n7c8ccccc8c8ccccc87)ccc65)cccc34)n2)cc1. The van der Waals surface area contributed by atoms with Crippen molar-refractivity contribution in [1.29, 1.82) is 0 Å². The second-order valence-corrected chi connectivity index (χ2v) is 36.9. The maximum absolute atomic E-state index is 7.21. The van der Waals surface area contributed by atoms with Crippen molar-refractivity contribution in [2.24, 2.45) is 0 Å². The molecule has 0 unspecified atom stereocenters. The zero-order valence-electron chi connectivity index (χ0n) is 75.1. The first-order valence-corrected chi connectivity index (χ1v) is 48.0. The molecule has 0 bridgehead atoms. The van der Waals surface area contributed by atoms with Crippen LogP contribution in [-0.4, -0.2) is 57.3 Å². The molecule has 0 atom stereocenters. The molecule has 10 aromatic heterocycles. The minimum Gasteiger partial charge on any atom is -0.453 e. The minimum absolute atomic E-state index is 0.547. The number of hydrogen-bond donors (Lipinski definition) is 0. The molecule has 30 rings (SSSR count). The first kappa shape index (κ1) is 78.7. The van der Waals surface area contributed by atoms with Gasteiger partial charge in [-0.1, -0.05) is 315 Å². The summed E-state index contributed by atoms with van der Waals surface area (Å²) in [6, 6.07) is 164. The second-order valence-electron chi connectivity index (χ2n) is 35.9. The van der Waals surface area contributed by atoms with E-state index in [1.54, 1.807) is 11.3 Å². The number of fused-ring (bicyclic) bond motifs is 24. The second kappa shape index (κ2) is 31.4. The van der Waals surface area contributed by atoms with Gasteiger partial charge in [-0.25, -0.2) is 29.9 Å². The van der Waals surface area contributed by atoms with E-state index in [1.807, 2.05) is 97.1 Å². The molecule has 0 saturated carbocycles. The molecule has 0 spiro atoms. The lowest BCUT2D eigenvalue weighted by Crippen LogP contribution is -2.00. The van der Waals surface area contributed by atoms with Gasteiger partial charge < -0.3 is 31.8 Å². The van der Waals surface area contributed by atoms with Crippen LogP contribution in [0.25, 0.3) is 275 Å². The van der Waals surface area contributed by atoms with Crippen LogP contribution in [0.4, 0.5) is 0 Å². The molecular weight excluding hydrogens is 1730 g/mol. The maximum atomic E-state index is 7.21. The zero-order valence-corrected chi connectivity index (χ0v) is 75.9. The van der Waals surface area contributed by atoms with Crippen LogP contribution in [0.5, 0.6) is 0 Å². The van der Waals surface area contributed by atoms with Crippen molar-refractivity contribution in [2.45, 2.75) is 0 Å². The molecule has 0 radical (unpaired) electrons. The van der Waals surface area contributed by atoms with E-state index >= 15 is 0 Å². The van der Waals surface area contributed by atoms with E-state index in [-0.39, 0.29) is 0 Å². The van der Waals surface area contributed by atoms with Gasteiger partial charge in [0.05, 0.1) is 87.8 Å². The quantitative estimate of drug-likeness (QED) is 0.119. The normalized spacial score (nSPS) is 12.0. The highest BCUT2D eigenvalue weighted by Gasteiger charge is 2.28. The van der Waals surface area contributed by atoms with E-state index < -0.39 is 0 Å². The number of aromatic nitrogens is 12. The van der Waals surface area contributed by atoms with Crippen LogP contribution >= 0.6 is 11.3 Å². The molecule has 0 amide bonds. The molecule has 13 nitrogen and oxygen atoms in total. The van der Waals surface area contributed by atoms with Crippen molar-refractivity contribution in [3.05, 3.63) is 461 Å². The summed E-state index contributed by atoms with van der Waals surface area (Å²) in [5.74, 6) is 3.70. The Bertz CT molecular complexity index is 9110. The number of rotatable bonds is 12. The predicted molar refractivity (Wildman–Crippen MR) is 578 cm³/mol. The molecule has 0 N–H and O–H groups in total. The van der Waals surface area contributed by atoms with Gasteiger partial charge in [0.25, 0.3) is 0 Å². The third kappa shape index (κ3) is 12.2. The molecule has 14 heteroatoms. The Morgan fingerprint density at radius 1 is 0.157 bits per heavy atom. The van der Waals surface area contributed by atoms with E-state index in [4.69, 9.17) is 34.3 Å². The maximum Gasteiger partial charge on any atom is 0.167 e. The molecule has 10 heterocycles. The Morgan fingerprint density at radius 3 is 0.721 bits per heavy atom. The van der Waals surface area contributed by atoms with Crippen molar-refractivity contribution >= 4 is 184 Å². The first-order chi connectivity index (χ1) is 69.5. The van der Waals surface area contributed by atoms with E-state index in [9.17, 15) is 0 Å². The van der Waals surface area contributed by atoms with Crippen molar-refractivity contribution in [3.63, 3.8) is 0 Å².